The largest absolute Gasteiger partial charge is 0.483 e. The van der Waals surface area contributed by atoms with Crippen LogP contribution in [0, 0.1) is 6.92 Å². The number of nitrogens with zero attached hydrogens (tertiary/aromatic N) is 2. The lowest BCUT2D eigenvalue weighted by molar-refractivity contribution is -0.132. The number of rotatable bonds is 6. The zero-order valence-electron chi connectivity index (χ0n) is 15.7. The van der Waals surface area contributed by atoms with Crippen molar-refractivity contribution in [3.63, 3.8) is 0 Å². The summed E-state index contributed by atoms with van der Waals surface area (Å²) in [5.41, 5.74) is 4.11. The van der Waals surface area contributed by atoms with E-state index in [0.29, 0.717) is 12.5 Å². The van der Waals surface area contributed by atoms with E-state index >= 15 is 0 Å². The third-order valence-electron chi connectivity index (χ3n) is 4.39. The third kappa shape index (κ3) is 4.04. The van der Waals surface area contributed by atoms with Crippen molar-refractivity contribution in [3.05, 3.63) is 59.4 Å². The number of benzene rings is 2. The first-order chi connectivity index (χ1) is 12.4. The minimum atomic E-state index is -0.0818. The van der Waals surface area contributed by atoms with Crippen LogP contribution in [-0.4, -0.2) is 34.4 Å². The Labute approximate surface area is 154 Å². The Kier molecular flexibility index (Phi) is 5.26. The standard InChI is InChI=1S/C21H25N3O2/c1-14(2)16-10-9-15(3)11-19(16)26-13-21(25)24(4)12-20-22-17-7-5-6-8-18(17)23-20/h5-11,14H,12-13H2,1-4H3,(H,22,23). The number of para-hydroxylation sites is 2. The minimum absolute atomic E-state index is 0.0138. The highest BCUT2D eigenvalue weighted by Crippen LogP contribution is 2.27. The van der Waals surface area contributed by atoms with E-state index in [2.05, 4.69) is 35.9 Å². The van der Waals surface area contributed by atoms with E-state index in [-0.39, 0.29) is 12.5 Å². The normalized spacial score (nSPS) is 11.1. The summed E-state index contributed by atoms with van der Waals surface area (Å²) in [6.07, 6.45) is 0. The number of carbonyl (C=O) groups excluding carboxylic acids is 1. The molecule has 2 aromatic carbocycles. The minimum Gasteiger partial charge on any atom is -0.483 e. The van der Waals surface area contributed by atoms with Crippen molar-refractivity contribution < 1.29 is 9.53 Å². The number of H-pyrrole nitrogens is 1. The van der Waals surface area contributed by atoms with Gasteiger partial charge in [-0.2, -0.15) is 0 Å². The molecule has 0 unspecified atom stereocenters. The molecule has 0 fully saturated rings. The number of aryl methyl sites for hydroxylation is 1. The van der Waals surface area contributed by atoms with Gasteiger partial charge < -0.3 is 14.6 Å². The van der Waals surface area contributed by atoms with Gasteiger partial charge in [0.1, 0.15) is 11.6 Å². The van der Waals surface area contributed by atoms with Gasteiger partial charge in [0.25, 0.3) is 5.91 Å². The summed E-state index contributed by atoms with van der Waals surface area (Å²) in [5, 5.41) is 0. The van der Waals surface area contributed by atoms with Crippen LogP contribution in [0.4, 0.5) is 0 Å². The lowest BCUT2D eigenvalue weighted by atomic mass is 10.0. The molecule has 0 aliphatic rings. The van der Waals surface area contributed by atoms with Crippen molar-refractivity contribution in [2.45, 2.75) is 33.2 Å². The molecule has 1 amide bonds. The summed E-state index contributed by atoms with van der Waals surface area (Å²) in [6, 6.07) is 14.0. The number of amides is 1. The van der Waals surface area contributed by atoms with Gasteiger partial charge in [0.2, 0.25) is 0 Å². The maximum atomic E-state index is 12.5. The molecule has 5 nitrogen and oxygen atoms in total. The number of hydrogen-bond donors (Lipinski definition) is 1. The van der Waals surface area contributed by atoms with Crippen LogP contribution in [0.2, 0.25) is 0 Å². The molecule has 0 saturated carbocycles. The molecule has 0 atom stereocenters. The van der Waals surface area contributed by atoms with Crippen molar-refractivity contribution in [1.82, 2.24) is 14.9 Å². The molecule has 1 heterocycles. The van der Waals surface area contributed by atoms with E-state index in [1.807, 2.05) is 37.3 Å². The zero-order chi connectivity index (χ0) is 18.7. The molecule has 0 bridgehead atoms. The van der Waals surface area contributed by atoms with Crippen LogP contribution >= 0.6 is 0 Å². The van der Waals surface area contributed by atoms with E-state index in [0.717, 1.165) is 33.7 Å². The number of hydrogen-bond acceptors (Lipinski definition) is 3. The van der Waals surface area contributed by atoms with Gasteiger partial charge in [-0.25, -0.2) is 4.98 Å². The van der Waals surface area contributed by atoms with Gasteiger partial charge in [0.05, 0.1) is 17.6 Å². The highest BCUT2D eigenvalue weighted by molar-refractivity contribution is 5.78. The Morgan fingerprint density at radius 2 is 2.00 bits per heavy atom. The smallest absolute Gasteiger partial charge is 0.260 e. The summed E-state index contributed by atoms with van der Waals surface area (Å²) in [6.45, 7) is 6.69. The summed E-state index contributed by atoms with van der Waals surface area (Å²) in [4.78, 5) is 21.8. The number of carbonyl (C=O) groups is 1. The molecule has 1 N–H and O–H groups in total. The van der Waals surface area contributed by atoms with Gasteiger partial charge >= 0.3 is 0 Å². The zero-order valence-corrected chi connectivity index (χ0v) is 15.7. The number of aromatic nitrogens is 2. The highest BCUT2D eigenvalue weighted by Gasteiger charge is 2.14. The molecular weight excluding hydrogens is 326 g/mol. The molecular formula is C21H25N3O2. The molecule has 136 valence electrons. The Balaban J connectivity index is 1.63. The second kappa shape index (κ2) is 7.60. The van der Waals surface area contributed by atoms with Gasteiger partial charge in [-0.05, 0) is 42.2 Å². The van der Waals surface area contributed by atoms with Crippen LogP contribution in [0.3, 0.4) is 0 Å². The molecule has 0 radical (unpaired) electrons. The number of imidazole rings is 1. The summed E-state index contributed by atoms with van der Waals surface area (Å²) >= 11 is 0. The van der Waals surface area contributed by atoms with Crippen LogP contribution < -0.4 is 4.74 Å². The SMILES string of the molecule is Cc1ccc(C(C)C)c(OCC(=O)N(C)Cc2nc3ccccc3[nH]2)c1. The number of aromatic amines is 1. The number of nitrogens with one attached hydrogen (secondary N) is 1. The van der Waals surface area contributed by atoms with Crippen LogP contribution in [0.25, 0.3) is 11.0 Å². The van der Waals surface area contributed by atoms with Gasteiger partial charge in [0, 0.05) is 7.05 Å². The quantitative estimate of drug-likeness (QED) is 0.729. The van der Waals surface area contributed by atoms with E-state index in [1.165, 1.54) is 0 Å². The van der Waals surface area contributed by atoms with Crippen LogP contribution in [0.15, 0.2) is 42.5 Å². The topological polar surface area (TPSA) is 58.2 Å². The molecule has 26 heavy (non-hydrogen) atoms. The second-order valence-corrected chi connectivity index (χ2v) is 6.94. The van der Waals surface area contributed by atoms with Gasteiger partial charge in [-0.15, -0.1) is 0 Å². The van der Waals surface area contributed by atoms with Gasteiger partial charge in [-0.1, -0.05) is 38.1 Å². The van der Waals surface area contributed by atoms with Crippen molar-refractivity contribution in [2.24, 2.45) is 0 Å². The molecule has 0 aliphatic carbocycles. The van der Waals surface area contributed by atoms with Crippen molar-refractivity contribution in [1.29, 1.82) is 0 Å². The fraction of sp³-hybridized carbons (Fsp3) is 0.333. The van der Waals surface area contributed by atoms with Crippen molar-refractivity contribution in [3.8, 4) is 5.75 Å². The monoisotopic (exact) mass is 351 g/mol. The highest BCUT2D eigenvalue weighted by atomic mass is 16.5. The van der Waals surface area contributed by atoms with Crippen LogP contribution in [0.1, 0.15) is 36.7 Å². The van der Waals surface area contributed by atoms with E-state index in [1.54, 1.807) is 11.9 Å². The molecule has 0 spiro atoms. The van der Waals surface area contributed by atoms with Crippen molar-refractivity contribution >= 4 is 16.9 Å². The maximum Gasteiger partial charge on any atom is 0.260 e. The van der Waals surface area contributed by atoms with E-state index in [4.69, 9.17) is 4.74 Å². The fourth-order valence-corrected chi connectivity index (χ4v) is 2.89. The lowest BCUT2D eigenvalue weighted by Crippen LogP contribution is -2.31. The molecule has 0 saturated heterocycles. The number of ether oxygens (including phenoxy) is 1. The average Bonchev–Trinajstić information content (AvgIpc) is 3.01. The Hall–Kier alpha value is -2.82. The molecule has 5 heteroatoms. The predicted molar refractivity (Wildman–Crippen MR) is 103 cm³/mol. The summed E-state index contributed by atoms with van der Waals surface area (Å²) in [7, 11) is 1.76. The van der Waals surface area contributed by atoms with Crippen molar-refractivity contribution in [2.75, 3.05) is 13.7 Å². The van der Waals surface area contributed by atoms with Crippen LogP contribution in [-0.2, 0) is 11.3 Å². The fourth-order valence-electron chi connectivity index (χ4n) is 2.89. The number of likely N-dealkylation sites (N-methyl/N-ethyl adjacent to an activating group) is 1. The second-order valence-electron chi connectivity index (χ2n) is 6.94. The summed E-state index contributed by atoms with van der Waals surface area (Å²) in [5.74, 6) is 1.81. The molecule has 0 aliphatic heterocycles. The first kappa shape index (κ1) is 18.0. The average molecular weight is 351 g/mol. The predicted octanol–water partition coefficient (Wildman–Crippen LogP) is 4.03. The Morgan fingerprint density at radius 3 is 2.73 bits per heavy atom. The van der Waals surface area contributed by atoms with Gasteiger partial charge in [-0.3, -0.25) is 4.79 Å². The maximum absolute atomic E-state index is 12.5. The molecule has 1 aromatic heterocycles. The third-order valence-corrected chi connectivity index (χ3v) is 4.39. The Morgan fingerprint density at radius 1 is 1.23 bits per heavy atom. The molecule has 3 rings (SSSR count). The Bertz CT molecular complexity index is 882. The first-order valence-corrected chi connectivity index (χ1v) is 8.85. The lowest BCUT2D eigenvalue weighted by Gasteiger charge is -2.18. The molecule has 3 aromatic rings. The first-order valence-electron chi connectivity index (χ1n) is 8.85. The van der Waals surface area contributed by atoms with Crippen LogP contribution in [0.5, 0.6) is 5.75 Å². The van der Waals surface area contributed by atoms with Gasteiger partial charge in [0.15, 0.2) is 6.61 Å². The number of fused-ring (bicyclic) bond motifs is 1. The van der Waals surface area contributed by atoms with E-state index < -0.39 is 0 Å². The van der Waals surface area contributed by atoms with E-state index in [9.17, 15) is 4.79 Å². The summed E-state index contributed by atoms with van der Waals surface area (Å²) < 4.78 is 5.84.